The Balaban J connectivity index is 1.05. The van der Waals surface area contributed by atoms with Crippen molar-refractivity contribution in [1.82, 2.24) is 20.5 Å². The first kappa shape index (κ1) is 24.5. The molecule has 0 radical (unpaired) electrons. The molecule has 1 aromatic heterocycles. The molecule has 3 heterocycles. The number of carbonyl (C=O) groups is 4. The highest BCUT2D eigenvalue weighted by molar-refractivity contribution is 7.16. The Morgan fingerprint density at radius 3 is 2.84 bits per heavy atom. The number of nitrogens with zero attached hydrogens (tertiary/aromatic N) is 2. The smallest absolute Gasteiger partial charge is 0.407 e. The molecule has 2 aliphatic heterocycles. The molecule has 1 saturated heterocycles. The van der Waals surface area contributed by atoms with Gasteiger partial charge in [0, 0.05) is 25.1 Å². The van der Waals surface area contributed by atoms with Crippen LogP contribution in [0.1, 0.15) is 64.2 Å². The number of aromatic nitrogens is 1. The Labute approximate surface area is 221 Å². The number of imide groups is 1. The van der Waals surface area contributed by atoms with E-state index >= 15 is 4.39 Å². The van der Waals surface area contributed by atoms with Crippen molar-refractivity contribution in [2.24, 2.45) is 0 Å². The van der Waals surface area contributed by atoms with Crippen LogP contribution in [0, 0.1) is 12.7 Å². The highest BCUT2D eigenvalue weighted by atomic mass is 32.1. The maximum Gasteiger partial charge on any atom is 0.407 e. The van der Waals surface area contributed by atoms with Crippen LogP contribution in [0.15, 0.2) is 29.8 Å². The number of thiazole rings is 1. The van der Waals surface area contributed by atoms with Gasteiger partial charge in [0.05, 0.1) is 21.3 Å². The van der Waals surface area contributed by atoms with Crippen molar-refractivity contribution in [3.05, 3.63) is 63.4 Å². The van der Waals surface area contributed by atoms with Crippen molar-refractivity contribution in [3.63, 3.8) is 0 Å². The van der Waals surface area contributed by atoms with Crippen LogP contribution in [0.4, 0.5) is 9.18 Å². The van der Waals surface area contributed by atoms with Crippen molar-refractivity contribution in [2.75, 3.05) is 0 Å². The summed E-state index contributed by atoms with van der Waals surface area (Å²) in [5, 5.41) is 4.81. The Bertz CT molecular complexity index is 1500. The van der Waals surface area contributed by atoms with Crippen molar-refractivity contribution >= 4 is 45.4 Å². The van der Waals surface area contributed by atoms with E-state index in [0.29, 0.717) is 18.4 Å². The summed E-state index contributed by atoms with van der Waals surface area (Å²) in [6.07, 6.45) is 0.839. The van der Waals surface area contributed by atoms with Crippen molar-refractivity contribution in [3.8, 4) is 0 Å². The zero-order chi connectivity index (χ0) is 26.6. The maximum absolute atomic E-state index is 15.3. The summed E-state index contributed by atoms with van der Waals surface area (Å²) in [5.41, 5.74) is 5.75. The summed E-state index contributed by atoms with van der Waals surface area (Å²) in [6.45, 7) is 2.01. The number of alkyl carbamates (subject to hydrolysis) is 1. The summed E-state index contributed by atoms with van der Waals surface area (Å²) >= 11 is 1.60. The monoisotopic (exact) mass is 536 g/mol. The molecule has 196 valence electrons. The number of halogens is 1. The Morgan fingerprint density at radius 1 is 1.24 bits per heavy atom. The molecular formula is C27H25FN4O5S. The van der Waals surface area contributed by atoms with Gasteiger partial charge in [0.15, 0.2) is 0 Å². The lowest BCUT2D eigenvalue weighted by molar-refractivity contribution is -0.136. The SMILES string of the molecule is Cc1ccc2scnc2c1C1CC(OC(=O)NCc2ccc3c(c2F)C(=O)N(C2CCC(=O)NC2=O)C3)C1. The first-order valence-corrected chi connectivity index (χ1v) is 13.4. The zero-order valence-electron chi connectivity index (χ0n) is 20.6. The van der Waals surface area contributed by atoms with E-state index in [0.717, 1.165) is 10.2 Å². The van der Waals surface area contributed by atoms with E-state index in [2.05, 4.69) is 34.7 Å². The van der Waals surface area contributed by atoms with Gasteiger partial charge in [0.1, 0.15) is 18.0 Å². The van der Waals surface area contributed by atoms with Crippen LogP contribution in [0.3, 0.4) is 0 Å². The van der Waals surface area contributed by atoms with Crippen LogP contribution in [0.5, 0.6) is 0 Å². The number of nitrogens with one attached hydrogen (secondary N) is 2. The number of fused-ring (bicyclic) bond motifs is 2. The van der Waals surface area contributed by atoms with E-state index < -0.39 is 29.8 Å². The fraction of sp³-hybridized carbons (Fsp3) is 0.370. The zero-order valence-corrected chi connectivity index (χ0v) is 21.4. The van der Waals surface area contributed by atoms with Crippen LogP contribution < -0.4 is 10.6 Å². The minimum absolute atomic E-state index is 0.0874. The molecule has 1 aliphatic carbocycles. The first-order valence-electron chi connectivity index (χ1n) is 12.5. The number of hydrogen-bond donors (Lipinski definition) is 2. The van der Waals surface area contributed by atoms with Crippen LogP contribution >= 0.6 is 11.3 Å². The Kier molecular flexibility index (Phi) is 6.10. The number of amides is 4. The molecule has 6 rings (SSSR count). The van der Waals surface area contributed by atoms with Crippen molar-refractivity contribution in [1.29, 1.82) is 0 Å². The molecule has 3 aromatic rings. The molecule has 3 aliphatic rings. The van der Waals surface area contributed by atoms with Gasteiger partial charge >= 0.3 is 6.09 Å². The molecule has 11 heteroatoms. The van der Waals surface area contributed by atoms with E-state index in [9.17, 15) is 19.2 Å². The van der Waals surface area contributed by atoms with Gasteiger partial charge in [-0.3, -0.25) is 19.7 Å². The van der Waals surface area contributed by atoms with Gasteiger partial charge in [-0.05, 0) is 54.9 Å². The van der Waals surface area contributed by atoms with E-state index in [1.54, 1.807) is 17.4 Å². The second-order valence-corrected chi connectivity index (χ2v) is 10.9. The van der Waals surface area contributed by atoms with Crippen molar-refractivity contribution in [2.45, 2.75) is 63.8 Å². The maximum atomic E-state index is 15.3. The highest BCUT2D eigenvalue weighted by Crippen LogP contribution is 2.43. The van der Waals surface area contributed by atoms with E-state index in [4.69, 9.17) is 4.74 Å². The lowest BCUT2D eigenvalue weighted by Gasteiger charge is -2.35. The average Bonchev–Trinajstić information content (AvgIpc) is 3.46. The lowest BCUT2D eigenvalue weighted by Crippen LogP contribution is -2.52. The van der Waals surface area contributed by atoms with Gasteiger partial charge in [-0.15, -0.1) is 11.3 Å². The molecule has 9 nitrogen and oxygen atoms in total. The number of carbonyl (C=O) groups excluding carboxylic acids is 4. The second kappa shape index (κ2) is 9.46. The van der Waals surface area contributed by atoms with Gasteiger partial charge in [-0.2, -0.15) is 0 Å². The third-order valence-corrected chi connectivity index (χ3v) is 8.46. The predicted octanol–water partition coefficient (Wildman–Crippen LogP) is 3.68. The lowest BCUT2D eigenvalue weighted by atomic mass is 9.75. The van der Waals surface area contributed by atoms with Crippen molar-refractivity contribution < 1.29 is 28.3 Å². The first-order chi connectivity index (χ1) is 18.3. The molecule has 0 spiro atoms. The molecule has 2 aromatic carbocycles. The number of ether oxygens (including phenoxy) is 1. The van der Waals surface area contributed by atoms with Crippen LogP contribution in [0.25, 0.3) is 10.2 Å². The Morgan fingerprint density at radius 2 is 2.05 bits per heavy atom. The van der Waals surface area contributed by atoms with Gasteiger partial charge in [0.2, 0.25) is 11.8 Å². The summed E-state index contributed by atoms with van der Waals surface area (Å²) in [6, 6.07) is 6.50. The van der Waals surface area contributed by atoms with Gasteiger partial charge < -0.3 is 15.0 Å². The summed E-state index contributed by atoms with van der Waals surface area (Å²) in [7, 11) is 0. The standard InChI is InChI=1S/C27H25FN4O5S/c1-13-2-6-19-24(30-12-38-19)21(13)16-8-17(9-16)37-27(36)29-10-14-3-4-15-11-32(26(35)22(15)23(14)28)18-5-7-20(33)31-25(18)34/h2-4,6,12,16-18H,5,7-11H2,1H3,(H,29,36)(H,31,33,34). The molecular weight excluding hydrogens is 511 g/mol. The van der Waals surface area contributed by atoms with Gasteiger partial charge in [-0.1, -0.05) is 18.2 Å². The number of aryl methyl sites for hydroxylation is 1. The summed E-state index contributed by atoms with van der Waals surface area (Å²) < 4.78 is 22.0. The van der Waals surface area contributed by atoms with Crippen LogP contribution in [0.2, 0.25) is 0 Å². The quantitative estimate of drug-likeness (QED) is 0.481. The molecule has 4 amide bonds. The summed E-state index contributed by atoms with van der Waals surface area (Å²) in [4.78, 5) is 54.8. The largest absolute Gasteiger partial charge is 0.446 e. The predicted molar refractivity (Wildman–Crippen MR) is 136 cm³/mol. The number of rotatable bonds is 5. The fourth-order valence-electron chi connectivity index (χ4n) is 5.62. The normalized spacial score (nSPS) is 22.7. The molecule has 1 atom stereocenters. The number of benzene rings is 2. The number of hydrogen-bond acceptors (Lipinski definition) is 7. The van der Waals surface area contributed by atoms with Crippen LogP contribution in [-0.4, -0.2) is 45.8 Å². The molecule has 1 unspecified atom stereocenters. The van der Waals surface area contributed by atoms with Crippen LogP contribution in [-0.2, 0) is 27.4 Å². The molecule has 1 saturated carbocycles. The van der Waals surface area contributed by atoms with E-state index in [1.807, 2.05) is 5.51 Å². The minimum atomic E-state index is -0.818. The second-order valence-electron chi connectivity index (χ2n) is 10.0. The molecule has 2 fully saturated rings. The summed E-state index contributed by atoms with van der Waals surface area (Å²) in [5.74, 6) is -1.98. The van der Waals surface area contributed by atoms with Gasteiger partial charge in [0.25, 0.3) is 5.91 Å². The molecule has 2 N–H and O–H groups in total. The highest BCUT2D eigenvalue weighted by Gasteiger charge is 2.41. The molecule has 38 heavy (non-hydrogen) atoms. The number of piperidine rings is 1. The molecule has 0 bridgehead atoms. The average molecular weight is 537 g/mol. The Hall–Kier alpha value is -3.86. The van der Waals surface area contributed by atoms with Gasteiger partial charge in [-0.25, -0.2) is 14.2 Å². The third-order valence-electron chi connectivity index (χ3n) is 7.67. The van der Waals surface area contributed by atoms with E-state index in [-0.39, 0.29) is 55.0 Å². The van der Waals surface area contributed by atoms with E-state index in [1.165, 1.54) is 22.1 Å². The third kappa shape index (κ3) is 4.20. The fourth-order valence-corrected chi connectivity index (χ4v) is 6.31. The minimum Gasteiger partial charge on any atom is -0.446 e. The topological polar surface area (TPSA) is 118 Å².